The van der Waals surface area contributed by atoms with Crippen molar-refractivity contribution in [2.75, 3.05) is 19.0 Å². The van der Waals surface area contributed by atoms with Crippen LogP contribution in [0, 0.1) is 0 Å². The third kappa shape index (κ3) is 3.32. The van der Waals surface area contributed by atoms with E-state index < -0.39 is 0 Å². The van der Waals surface area contributed by atoms with Crippen LogP contribution in [0.5, 0.6) is 0 Å². The first kappa shape index (κ1) is 17.3. The van der Waals surface area contributed by atoms with E-state index >= 15 is 0 Å². The van der Waals surface area contributed by atoms with Gasteiger partial charge in [0.15, 0.2) is 0 Å². The van der Waals surface area contributed by atoms with Crippen LogP contribution >= 0.6 is 0 Å². The summed E-state index contributed by atoms with van der Waals surface area (Å²) in [5.41, 5.74) is 8.11. The first-order valence-corrected chi connectivity index (χ1v) is 8.84. The molecule has 1 heteroatoms. The Morgan fingerprint density at radius 1 is 0.840 bits per heavy atom. The van der Waals surface area contributed by atoms with Crippen LogP contribution < -0.4 is 4.90 Å². The summed E-state index contributed by atoms with van der Waals surface area (Å²) in [5.74, 6) is 0. The SMILES string of the molecule is CC1=C(C=CC=Cc2ccc(N(C)C)cc2)C(C)(C)c2ccccc21. The van der Waals surface area contributed by atoms with Crippen molar-refractivity contribution in [3.05, 3.63) is 89.0 Å². The van der Waals surface area contributed by atoms with Gasteiger partial charge in [0.05, 0.1) is 0 Å². The number of benzene rings is 2. The predicted octanol–water partition coefficient (Wildman–Crippen LogP) is 6.09. The third-order valence-corrected chi connectivity index (χ3v) is 5.15. The fraction of sp³-hybridized carbons (Fsp3) is 0.250. The van der Waals surface area contributed by atoms with Gasteiger partial charge < -0.3 is 4.90 Å². The van der Waals surface area contributed by atoms with E-state index in [4.69, 9.17) is 0 Å². The summed E-state index contributed by atoms with van der Waals surface area (Å²) in [4.78, 5) is 2.11. The molecule has 1 aliphatic carbocycles. The van der Waals surface area contributed by atoms with Crippen LogP contribution in [0.25, 0.3) is 11.6 Å². The van der Waals surface area contributed by atoms with Gasteiger partial charge in [0, 0.05) is 25.2 Å². The molecule has 0 radical (unpaired) electrons. The van der Waals surface area contributed by atoms with Crippen LogP contribution in [-0.4, -0.2) is 14.1 Å². The zero-order valence-corrected chi connectivity index (χ0v) is 15.9. The van der Waals surface area contributed by atoms with Crippen molar-refractivity contribution in [1.82, 2.24) is 0 Å². The van der Waals surface area contributed by atoms with Crippen molar-refractivity contribution >= 4 is 17.3 Å². The van der Waals surface area contributed by atoms with Gasteiger partial charge in [-0.2, -0.15) is 0 Å². The lowest BCUT2D eigenvalue weighted by atomic mass is 9.81. The monoisotopic (exact) mass is 329 g/mol. The summed E-state index contributed by atoms with van der Waals surface area (Å²) in [6, 6.07) is 17.3. The van der Waals surface area contributed by atoms with Gasteiger partial charge >= 0.3 is 0 Å². The molecule has 0 fully saturated rings. The molecule has 0 aliphatic heterocycles. The molecular formula is C24H27N. The minimum atomic E-state index is 0.0678. The molecule has 0 aromatic heterocycles. The first-order chi connectivity index (χ1) is 11.9. The molecular weight excluding hydrogens is 302 g/mol. The molecule has 0 saturated carbocycles. The van der Waals surface area contributed by atoms with Gasteiger partial charge in [0.25, 0.3) is 0 Å². The molecule has 0 spiro atoms. The Labute approximate surface area is 152 Å². The minimum Gasteiger partial charge on any atom is -0.378 e. The van der Waals surface area contributed by atoms with E-state index in [0.717, 1.165) is 0 Å². The van der Waals surface area contributed by atoms with Crippen LogP contribution in [-0.2, 0) is 5.41 Å². The quantitative estimate of drug-likeness (QED) is 0.614. The molecule has 3 rings (SSSR count). The van der Waals surface area contributed by atoms with Gasteiger partial charge in [0.2, 0.25) is 0 Å². The second-order valence-electron chi connectivity index (χ2n) is 7.41. The molecule has 2 aromatic carbocycles. The van der Waals surface area contributed by atoms with Crippen LogP contribution in [0.1, 0.15) is 37.5 Å². The number of hydrogen-bond donors (Lipinski definition) is 0. The summed E-state index contributed by atoms with van der Waals surface area (Å²) in [6.07, 6.45) is 8.71. The summed E-state index contributed by atoms with van der Waals surface area (Å²) >= 11 is 0. The highest BCUT2D eigenvalue weighted by Crippen LogP contribution is 2.46. The van der Waals surface area contributed by atoms with Crippen molar-refractivity contribution in [2.24, 2.45) is 0 Å². The van der Waals surface area contributed by atoms with Gasteiger partial charge in [-0.25, -0.2) is 0 Å². The van der Waals surface area contributed by atoms with Gasteiger partial charge in [-0.1, -0.05) is 74.5 Å². The van der Waals surface area contributed by atoms with Crippen LogP contribution in [0.15, 0.2) is 72.3 Å². The minimum absolute atomic E-state index is 0.0678. The molecule has 0 bridgehead atoms. The average Bonchev–Trinajstić information content (AvgIpc) is 2.79. The average molecular weight is 329 g/mol. The lowest BCUT2D eigenvalue weighted by molar-refractivity contribution is 0.654. The first-order valence-electron chi connectivity index (χ1n) is 8.84. The molecule has 1 nitrogen and oxygen atoms in total. The number of anilines is 1. The molecule has 0 atom stereocenters. The maximum absolute atomic E-state index is 2.31. The smallest absolute Gasteiger partial charge is 0.0361 e. The van der Waals surface area contributed by atoms with E-state index in [2.05, 4.69) is 113 Å². The molecule has 2 aromatic rings. The van der Waals surface area contributed by atoms with Crippen LogP contribution in [0.4, 0.5) is 5.69 Å². The molecule has 0 unspecified atom stereocenters. The normalized spacial score (nSPS) is 16.0. The number of allylic oxidation sites excluding steroid dienone is 5. The molecule has 128 valence electrons. The Bertz CT molecular complexity index is 846. The Morgan fingerprint density at radius 3 is 2.12 bits per heavy atom. The fourth-order valence-electron chi connectivity index (χ4n) is 3.65. The summed E-state index contributed by atoms with van der Waals surface area (Å²) < 4.78 is 0. The van der Waals surface area contributed by atoms with Crippen molar-refractivity contribution in [3.8, 4) is 0 Å². The third-order valence-electron chi connectivity index (χ3n) is 5.15. The lowest BCUT2D eigenvalue weighted by Gasteiger charge is -2.22. The van der Waals surface area contributed by atoms with E-state index in [9.17, 15) is 0 Å². The summed E-state index contributed by atoms with van der Waals surface area (Å²) in [5, 5.41) is 0. The van der Waals surface area contributed by atoms with E-state index in [1.807, 2.05) is 0 Å². The molecule has 0 heterocycles. The molecule has 1 aliphatic rings. The predicted molar refractivity (Wildman–Crippen MR) is 111 cm³/mol. The lowest BCUT2D eigenvalue weighted by Crippen LogP contribution is -2.15. The van der Waals surface area contributed by atoms with Gasteiger partial charge in [-0.3, -0.25) is 0 Å². The van der Waals surface area contributed by atoms with Crippen molar-refractivity contribution < 1.29 is 0 Å². The number of nitrogens with zero attached hydrogens (tertiary/aromatic N) is 1. The number of rotatable bonds is 4. The van der Waals surface area contributed by atoms with Crippen LogP contribution in [0.3, 0.4) is 0 Å². The highest BCUT2D eigenvalue weighted by molar-refractivity contribution is 5.81. The van der Waals surface area contributed by atoms with Crippen LogP contribution in [0.2, 0.25) is 0 Å². The van der Waals surface area contributed by atoms with E-state index in [1.165, 1.54) is 33.5 Å². The molecule has 0 amide bonds. The summed E-state index contributed by atoms with van der Waals surface area (Å²) in [7, 11) is 4.12. The topological polar surface area (TPSA) is 3.24 Å². The summed E-state index contributed by atoms with van der Waals surface area (Å²) in [6.45, 7) is 6.86. The largest absolute Gasteiger partial charge is 0.378 e. The van der Waals surface area contributed by atoms with E-state index in [0.29, 0.717) is 0 Å². The molecule has 0 N–H and O–H groups in total. The highest BCUT2D eigenvalue weighted by Gasteiger charge is 2.34. The molecule has 0 saturated heterocycles. The zero-order valence-electron chi connectivity index (χ0n) is 15.9. The van der Waals surface area contributed by atoms with Crippen molar-refractivity contribution in [1.29, 1.82) is 0 Å². The van der Waals surface area contributed by atoms with Gasteiger partial charge in [-0.15, -0.1) is 0 Å². The second-order valence-corrected chi connectivity index (χ2v) is 7.41. The van der Waals surface area contributed by atoms with E-state index in [1.54, 1.807) is 0 Å². The molecule has 25 heavy (non-hydrogen) atoms. The van der Waals surface area contributed by atoms with Gasteiger partial charge in [0.1, 0.15) is 0 Å². The number of hydrogen-bond acceptors (Lipinski definition) is 1. The van der Waals surface area contributed by atoms with E-state index in [-0.39, 0.29) is 5.41 Å². The Balaban J connectivity index is 1.77. The number of fused-ring (bicyclic) bond motifs is 1. The van der Waals surface area contributed by atoms with Gasteiger partial charge in [-0.05, 0) is 46.9 Å². The fourth-order valence-corrected chi connectivity index (χ4v) is 3.65. The maximum Gasteiger partial charge on any atom is 0.0361 e. The second kappa shape index (κ2) is 6.76. The maximum atomic E-state index is 2.31. The highest BCUT2D eigenvalue weighted by atomic mass is 15.1. The standard InChI is InChI=1S/C24H27N/c1-18-21-11-7-9-13-23(21)24(2,3)22(18)12-8-6-10-19-14-16-20(17-15-19)25(4)5/h6-17H,1-5H3. The van der Waals surface area contributed by atoms with Crippen molar-refractivity contribution in [3.63, 3.8) is 0 Å². The zero-order chi connectivity index (χ0) is 18.0. The Kier molecular flexibility index (Phi) is 4.67. The Morgan fingerprint density at radius 2 is 1.48 bits per heavy atom. The van der Waals surface area contributed by atoms with Crippen molar-refractivity contribution in [2.45, 2.75) is 26.2 Å². The Hall–Kier alpha value is -2.54.